The smallest absolute Gasteiger partial charge is 0.333 e. The van der Waals surface area contributed by atoms with Crippen LogP contribution in [0, 0.1) is 6.92 Å². The lowest BCUT2D eigenvalue weighted by Crippen LogP contribution is -2.39. The highest BCUT2D eigenvalue weighted by atomic mass is 31.2. The molecule has 2 fully saturated rings. The third-order valence-electron chi connectivity index (χ3n) is 11.1. The Bertz CT molecular complexity index is 2260. The van der Waals surface area contributed by atoms with E-state index in [1.807, 2.05) is 79.7 Å². The lowest BCUT2D eigenvalue weighted by Gasteiger charge is -2.39. The lowest BCUT2D eigenvalue weighted by atomic mass is 9.79. The Balaban J connectivity index is 1.40. The van der Waals surface area contributed by atoms with E-state index in [4.69, 9.17) is 32.8 Å². The van der Waals surface area contributed by atoms with Gasteiger partial charge in [-0.25, -0.2) is 14.3 Å². The molecule has 16 nitrogen and oxygen atoms in total. The second-order valence-electron chi connectivity index (χ2n) is 16.3. The molecular formula is C47H59N4O12P. The van der Waals surface area contributed by atoms with Crippen LogP contribution in [0.15, 0.2) is 88.6 Å². The van der Waals surface area contributed by atoms with Crippen molar-refractivity contribution in [3.63, 3.8) is 0 Å². The van der Waals surface area contributed by atoms with Crippen molar-refractivity contribution in [1.29, 1.82) is 0 Å². The van der Waals surface area contributed by atoms with E-state index in [0.29, 0.717) is 28.7 Å². The van der Waals surface area contributed by atoms with Crippen molar-refractivity contribution in [3.05, 3.63) is 128 Å². The highest BCUT2D eigenvalue weighted by Crippen LogP contribution is 2.51. The summed E-state index contributed by atoms with van der Waals surface area (Å²) < 4.78 is 42.2. The lowest BCUT2D eigenvalue weighted by molar-refractivity contribution is -0.197. The van der Waals surface area contributed by atoms with E-state index in [2.05, 4.69) is 37.3 Å². The topological polar surface area (TPSA) is 177 Å². The first-order chi connectivity index (χ1) is 30.7. The average molecular weight is 903 g/mol. The van der Waals surface area contributed by atoms with Crippen LogP contribution >= 0.6 is 8.53 Å². The van der Waals surface area contributed by atoms with Gasteiger partial charge in [0.15, 0.2) is 0 Å². The van der Waals surface area contributed by atoms with E-state index < -0.39 is 61.6 Å². The van der Waals surface area contributed by atoms with Gasteiger partial charge in [-0.1, -0.05) is 55.5 Å². The van der Waals surface area contributed by atoms with E-state index in [0.717, 1.165) is 28.7 Å². The minimum Gasteiger partial charge on any atom is -0.497 e. The molecule has 0 saturated carbocycles. The number of hydrogen-bond donors (Lipinski definition) is 1. The Hall–Kier alpha value is -5.22. The Kier molecular flexibility index (Phi) is 16.3. The molecular weight excluding hydrogens is 844 g/mol. The summed E-state index contributed by atoms with van der Waals surface area (Å²) in [5.41, 5.74) is 1.04. The van der Waals surface area contributed by atoms with Gasteiger partial charge in [-0.15, -0.1) is 5.06 Å². The van der Waals surface area contributed by atoms with Gasteiger partial charge in [-0.3, -0.25) is 23.9 Å². The maximum atomic E-state index is 13.3. The average Bonchev–Trinajstić information content (AvgIpc) is 3.83. The summed E-state index contributed by atoms with van der Waals surface area (Å²) in [4.78, 5) is 70.0. The zero-order valence-electron chi connectivity index (χ0n) is 37.7. The van der Waals surface area contributed by atoms with E-state index in [9.17, 15) is 24.0 Å². The fraction of sp³-hybridized carbons (Fsp3) is 0.468. The van der Waals surface area contributed by atoms with Crippen LogP contribution in [0.1, 0.15) is 101 Å². The molecule has 1 N–H and O–H groups in total. The maximum absolute atomic E-state index is 13.3. The highest BCUT2D eigenvalue weighted by molar-refractivity contribution is 7.44. The molecule has 1 unspecified atom stereocenters. The number of ether oxygens (including phenoxy) is 4. The Morgan fingerprint density at radius 2 is 1.41 bits per heavy atom. The number of aromatic nitrogens is 2. The molecule has 0 radical (unpaired) electrons. The number of amides is 2. The SMILES string of the molecule is CCCOP(O[C@@H]1C[C@H](n2cc(C)c(=O)[nH]c2=O)O[C@@H]1COC(c1ccc(CCC(=O)ON2C(=O)CCC2=O)cc1)(c1ccc(OC)cc1)c1ccc(OC)cc1)N(C(C)C)C(C)C. The second kappa shape index (κ2) is 21.6. The van der Waals surface area contributed by atoms with Gasteiger partial charge < -0.3 is 32.8 Å². The number of aryl methyl sites for hydroxylation is 2. The van der Waals surface area contributed by atoms with Crippen molar-refractivity contribution in [2.45, 2.75) is 116 Å². The molecule has 2 aliphatic heterocycles. The largest absolute Gasteiger partial charge is 0.497 e. The predicted molar refractivity (Wildman–Crippen MR) is 238 cm³/mol. The first-order valence-corrected chi connectivity index (χ1v) is 22.8. The minimum absolute atomic E-state index is 0.0132. The Labute approximate surface area is 374 Å². The molecule has 1 aromatic heterocycles. The Morgan fingerprint density at radius 3 is 1.92 bits per heavy atom. The number of carbonyl (C=O) groups excluding carboxylic acids is 3. The first-order valence-electron chi connectivity index (χ1n) is 21.6. The van der Waals surface area contributed by atoms with Crippen molar-refractivity contribution in [1.82, 2.24) is 19.3 Å². The van der Waals surface area contributed by atoms with Crippen LogP contribution in [0.2, 0.25) is 0 Å². The van der Waals surface area contributed by atoms with E-state index in [1.54, 1.807) is 21.1 Å². The molecule has 17 heteroatoms. The number of benzene rings is 3. The van der Waals surface area contributed by atoms with Gasteiger partial charge in [-0.05, 0) is 94.0 Å². The number of methoxy groups -OCH3 is 2. The summed E-state index contributed by atoms with van der Waals surface area (Å²) in [6.07, 6.45) is 0.616. The number of nitrogens with zero attached hydrogens (tertiary/aromatic N) is 3. The zero-order valence-corrected chi connectivity index (χ0v) is 38.6. The molecule has 344 valence electrons. The van der Waals surface area contributed by atoms with Gasteiger partial charge in [0.1, 0.15) is 29.4 Å². The standard InChI is InChI=1S/C47H59N4O12P/c1-9-26-60-64(51(30(2)3)31(4)5)63-39-27-43(49-28-32(6)45(55)48-46(49)56)61-40(39)29-59-47(35-15-19-37(57-7)20-16-35,36-17-21-38(58-8)22-18-36)34-13-10-33(11-14-34)12-25-44(54)62-50-41(52)23-24-42(50)53/h10-11,13-22,28,30-31,39-40,43H,9,12,23-27,29H2,1-8H3,(H,48,55,56)/t39-,40-,43-,64?/m1/s1. The third-order valence-corrected chi connectivity index (χ3v) is 13.3. The van der Waals surface area contributed by atoms with Crippen LogP contribution in [-0.4, -0.2) is 88.8 Å². The van der Waals surface area contributed by atoms with Crippen LogP contribution in [0.3, 0.4) is 0 Å². The summed E-state index contributed by atoms with van der Waals surface area (Å²) in [7, 11) is 1.59. The van der Waals surface area contributed by atoms with Crippen molar-refractivity contribution in [2.75, 3.05) is 27.4 Å². The van der Waals surface area contributed by atoms with Gasteiger partial charge in [0, 0.05) is 43.1 Å². The quantitative estimate of drug-likeness (QED) is 0.0522. The summed E-state index contributed by atoms with van der Waals surface area (Å²) >= 11 is 0. The van der Waals surface area contributed by atoms with Crippen LogP contribution in [0.4, 0.5) is 0 Å². The van der Waals surface area contributed by atoms with Crippen LogP contribution in [0.5, 0.6) is 11.5 Å². The van der Waals surface area contributed by atoms with Gasteiger partial charge in [-0.2, -0.15) is 0 Å². The van der Waals surface area contributed by atoms with Crippen molar-refractivity contribution < 1.29 is 47.2 Å². The number of imide groups is 1. The summed E-state index contributed by atoms with van der Waals surface area (Å²) in [5.74, 6) is -0.478. The summed E-state index contributed by atoms with van der Waals surface area (Å²) in [5, 5.41) is 0.552. The van der Waals surface area contributed by atoms with Crippen LogP contribution in [-0.2, 0) is 49.8 Å². The number of aromatic amines is 1. The predicted octanol–water partition coefficient (Wildman–Crippen LogP) is 6.86. The van der Waals surface area contributed by atoms with Gasteiger partial charge in [0.25, 0.3) is 25.9 Å². The van der Waals surface area contributed by atoms with Gasteiger partial charge >= 0.3 is 11.7 Å². The van der Waals surface area contributed by atoms with Gasteiger partial charge in [0.05, 0.1) is 40.0 Å². The van der Waals surface area contributed by atoms with Crippen molar-refractivity contribution in [3.8, 4) is 11.5 Å². The second-order valence-corrected chi connectivity index (χ2v) is 17.7. The maximum Gasteiger partial charge on any atom is 0.333 e. The molecule has 3 aromatic carbocycles. The molecule has 4 atom stereocenters. The molecule has 0 spiro atoms. The molecule has 4 aromatic rings. The number of hydrogen-bond acceptors (Lipinski definition) is 13. The fourth-order valence-electron chi connectivity index (χ4n) is 7.91. The van der Waals surface area contributed by atoms with Crippen molar-refractivity contribution >= 4 is 26.3 Å². The number of nitrogens with one attached hydrogen (secondary N) is 1. The fourth-order valence-corrected chi connectivity index (χ4v) is 9.76. The number of hydroxylamine groups is 2. The monoisotopic (exact) mass is 902 g/mol. The van der Waals surface area contributed by atoms with Crippen LogP contribution < -0.4 is 20.7 Å². The molecule has 2 aliphatic rings. The number of carbonyl (C=O) groups is 3. The normalized spacial score (nSPS) is 18.4. The minimum atomic E-state index is -1.60. The van der Waals surface area contributed by atoms with Gasteiger partial charge in [0.2, 0.25) is 0 Å². The summed E-state index contributed by atoms with van der Waals surface area (Å²) in [6, 6.07) is 23.0. The molecule has 64 heavy (non-hydrogen) atoms. The summed E-state index contributed by atoms with van der Waals surface area (Å²) in [6.45, 7) is 12.5. The van der Waals surface area contributed by atoms with Crippen molar-refractivity contribution in [2.24, 2.45) is 0 Å². The van der Waals surface area contributed by atoms with E-state index in [-0.39, 0.29) is 50.8 Å². The highest BCUT2D eigenvalue weighted by Gasteiger charge is 2.45. The molecule has 0 bridgehead atoms. The number of rotatable bonds is 21. The molecule has 6 rings (SSSR count). The molecule has 3 heterocycles. The first kappa shape index (κ1) is 48.2. The zero-order chi connectivity index (χ0) is 46.1. The van der Waals surface area contributed by atoms with E-state index >= 15 is 0 Å². The molecule has 0 aliphatic carbocycles. The molecule has 2 saturated heterocycles. The third kappa shape index (κ3) is 11.0. The Morgan fingerprint density at radius 1 is 0.859 bits per heavy atom. The van der Waals surface area contributed by atoms with E-state index in [1.165, 1.54) is 10.8 Å². The molecule has 2 amide bonds. The number of H-pyrrole nitrogens is 1. The van der Waals surface area contributed by atoms with Crippen LogP contribution in [0.25, 0.3) is 0 Å².